The van der Waals surface area contributed by atoms with Gasteiger partial charge in [0.1, 0.15) is 0 Å². The zero-order chi connectivity index (χ0) is 11.3. The lowest BCUT2D eigenvalue weighted by Gasteiger charge is -2.33. The fourth-order valence-electron chi connectivity index (χ4n) is 1.52. The van der Waals surface area contributed by atoms with E-state index in [0.29, 0.717) is 13.0 Å². The van der Waals surface area contributed by atoms with Crippen molar-refractivity contribution >= 4 is 12.1 Å². The molecule has 1 fully saturated rings. The van der Waals surface area contributed by atoms with Crippen molar-refractivity contribution in [3.05, 3.63) is 0 Å². The first-order chi connectivity index (χ1) is 7.10. The van der Waals surface area contributed by atoms with Gasteiger partial charge in [0.05, 0.1) is 13.7 Å². The first-order valence-corrected chi connectivity index (χ1v) is 4.80. The third-order valence-corrected chi connectivity index (χ3v) is 2.45. The first kappa shape index (κ1) is 11.8. The number of aliphatic carboxylic acids is 1. The van der Waals surface area contributed by atoms with Crippen LogP contribution >= 0.6 is 0 Å². The molecule has 0 aromatic heterocycles. The summed E-state index contributed by atoms with van der Waals surface area (Å²) in [7, 11) is 1.23. The molecule has 0 aliphatic carbocycles. The molecule has 1 atom stereocenters. The first-order valence-electron chi connectivity index (χ1n) is 4.80. The minimum Gasteiger partial charge on any atom is -0.479 e. The van der Waals surface area contributed by atoms with Crippen LogP contribution in [0.1, 0.15) is 19.3 Å². The van der Waals surface area contributed by atoms with Gasteiger partial charge in [-0.1, -0.05) is 0 Å². The van der Waals surface area contributed by atoms with Gasteiger partial charge in [-0.05, 0) is 19.3 Å². The van der Waals surface area contributed by atoms with E-state index in [4.69, 9.17) is 9.84 Å². The molecule has 1 aliphatic rings. The molecule has 0 saturated carbocycles. The molecule has 6 nitrogen and oxygen atoms in total. The highest BCUT2D eigenvalue weighted by molar-refractivity contribution is 5.79. The average Bonchev–Trinajstić information content (AvgIpc) is 2.27. The number of nitrogens with one attached hydrogen (secondary N) is 1. The maximum absolute atomic E-state index is 11.1. The molecule has 0 aromatic rings. The fourth-order valence-corrected chi connectivity index (χ4v) is 1.52. The van der Waals surface area contributed by atoms with E-state index in [1.54, 1.807) is 0 Å². The standard InChI is InChI=1S/C9H15NO5/c1-14-8(13)10-6-9(7(11)12)4-2-3-5-15-9/h2-6H2,1H3,(H,10,13)(H,11,12). The molecular formula is C9H15NO5. The Balaban J connectivity index is 2.57. The molecule has 0 aromatic carbocycles. The molecule has 1 heterocycles. The molecule has 1 aliphatic heterocycles. The molecule has 6 heteroatoms. The van der Waals surface area contributed by atoms with Crippen LogP contribution in [0.5, 0.6) is 0 Å². The van der Waals surface area contributed by atoms with E-state index in [1.807, 2.05) is 0 Å². The lowest BCUT2D eigenvalue weighted by atomic mass is 9.94. The van der Waals surface area contributed by atoms with Gasteiger partial charge in [-0.3, -0.25) is 0 Å². The maximum atomic E-state index is 11.1. The highest BCUT2D eigenvalue weighted by Crippen LogP contribution is 2.24. The lowest BCUT2D eigenvalue weighted by molar-refractivity contribution is -0.171. The zero-order valence-corrected chi connectivity index (χ0v) is 8.62. The maximum Gasteiger partial charge on any atom is 0.406 e. The van der Waals surface area contributed by atoms with Gasteiger partial charge in [0.25, 0.3) is 0 Å². The van der Waals surface area contributed by atoms with Crippen molar-refractivity contribution < 1.29 is 24.2 Å². The Labute approximate surface area is 87.5 Å². The smallest absolute Gasteiger partial charge is 0.406 e. The molecule has 1 unspecified atom stereocenters. The van der Waals surface area contributed by atoms with Crippen molar-refractivity contribution in [2.75, 3.05) is 20.3 Å². The van der Waals surface area contributed by atoms with Crippen molar-refractivity contribution in [1.29, 1.82) is 0 Å². The number of methoxy groups -OCH3 is 1. The monoisotopic (exact) mass is 217 g/mol. The number of rotatable bonds is 3. The number of hydrogen-bond acceptors (Lipinski definition) is 4. The van der Waals surface area contributed by atoms with Gasteiger partial charge in [-0.15, -0.1) is 0 Å². The highest BCUT2D eigenvalue weighted by Gasteiger charge is 2.41. The van der Waals surface area contributed by atoms with E-state index in [0.717, 1.165) is 12.8 Å². The third-order valence-electron chi connectivity index (χ3n) is 2.45. The predicted molar refractivity (Wildman–Crippen MR) is 50.6 cm³/mol. The van der Waals surface area contributed by atoms with Crippen LogP contribution in [0.2, 0.25) is 0 Å². The summed E-state index contributed by atoms with van der Waals surface area (Å²) in [5.41, 5.74) is -1.29. The van der Waals surface area contributed by atoms with Crippen LogP contribution in [0, 0.1) is 0 Å². The van der Waals surface area contributed by atoms with Gasteiger partial charge >= 0.3 is 12.1 Å². The Bertz CT molecular complexity index is 247. The highest BCUT2D eigenvalue weighted by atomic mass is 16.5. The van der Waals surface area contributed by atoms with Gasteiger partial charge in [0.15, 0.2) is 5.60 Å². The molecule has 0 spiro atoms. The number of carboxylic acid groups (broad SMARTS) is 1. The summed E-state index contributed by atoms with van der Waals surface area (Å²) < 4.78 is 9.62. The van der Waals surface area contributed by atoms with E-state index in [9.17, 15) is 9.59 Å². The summed E-state index contributed by atoms with van der Waals surface area (Å²) in [4.78, 5) is 21.9. The van der Waals surface area contributed by atoms with Gasteiger partial charge in [0, 0.05) is 6.61 Å². The predicted octanol–water partition coefficient (Wildman–Crippen LogP) is 0.366. The van der Waals surface area contributed by atoms with Gasteiger partial charge in [0.2, 0.25) is 0 Å². The number of amides is 1. The Morgan fingerprint density at radius 3 is 2.73 bits per heavy atom. The lowest BCUT2D eigenvalue weighted by Crippen LogP contribution is -2.52. The van der Waals surface area contributed by atoms with E-state index in [2.05, 4.69) is 10.1 Å². The van der Waals surface area contributed by atoms with Crippen LogP contribution in [-0.2, 0) is 14.3 Å². The number of ether oxygens (including phenoxy) is 2. The molecular weight excluding hydrogens is 202 g/mol. The van der Waals surface area contributed by atoms with Gasteiger partial charge in [-0.25, -0.2) is 9.59 Å². The molecule has 0 radical (unpaired) electrons. The van der Waals surface area contributed by atoms with Crippen LogP contribution < -0.4 is 5.32 Å². The molecule has 1 amide bonds. The van der Waals surface area contributed by atoms with E-state index >= 15 is 0 Å². The minimum atomic E-state index is -1.29. The molecule has 0 bridgehead atoms. The number of carbonyl (C=O) groups excluding carboxylic acids is 1. The number of hydrogen-bond donors (Lipinski definition) is 2. The number of carboxylic acids is 1. The number of carbonyl (C=O) groups is 2. The summed E-state index contributed by atoms with van der Waals surface area (Å²) in [5, 5.41) is 11.4. The van der Waals surface area contributed by atoms with Crippen molar-refractivity contribution in [2.24, 2.45) is 0 Å². The molecule has 15 heavy (non-hydrogen) atoms. The molecule has 1 rings (SSSR count). The normalized spacial score (nSPS) is 25.7. The van der Waals surface area contributed by atoms with Gasteiger partial charge in [-0.2, -0.15) is 0 Å². The third kappa shape index (κ3) is 2.82. The molecule has 2 N–H and O–H groups in total. The summed E-state index contributed by atoms with van der Waals surface area (Å²) >= 11 is 0. The van der Waals surface area contributed by atoms with Crippen molar-refractivity contribution in [3.8, 4) is 0 Å². The largest absolute Gasteiger partial charge is 0.479 e. The van der Waals surface area contributed by atoms with Crippen LogP contribution in [0.15, 0.2) is 0 Å². The Hall–Kier alpha value is -1.30. The number of alkyl carbamates (subject to hydrolysis) is 1. The molecule has 1 saturated heterocycles. The SMILES string of the molecule is COC(=O)NCC1(C(=O)O)CCCCO1. The van der Waals surface area contributed by atoms with Crippen molar-refractivity contribution in [2.45, 2.75) is 24.9 Å². The Kier molecular flexibility index (Phi) is 3.90. The second-order valence-electron chi connectivity index (χ2n) is 3.45. The van der Waals surface area contributed by atoms with Crippen LogP contribution in [0.25, 0.3) is 0 Å². The summed E-state index contributed by atoms with van der Waals surface area (Å²) in [6.07, 6.45) is 1.40. The Morgan fingerprint density at radius 2 is 2.27 bits per heavy atom. The fraction of sp³-hybridized carbons (Fsp3) is 0.778. The summed E-state index contributed by atoms with van der Waals surface area (Å²) in [6, 6.07) is 0. The second kappa shape index (κ2) is 4.97. The van der Waals surface area contributed by atoms with Gasteiger partial charge < -0.3 is 19.9 Å². The van der Waals surface area contributed by atoms with E-state index in [-0.39, 0.29) is 6.54 Å². The zero-order valence-electron chi connectivity index (χ0n) is 8.62. The minimum absolute atomic E-state index is 0.0605. The van der Waals surface area contributed by atoms with Crippen LogP contribution in [0.3, 0.4) is 0 Å². The topological polar surface area (TPSA) is 84.9 Å². The Morgan fingerprint density at radius 1 is 1.53 bits per heavy atom. The van der Waals surface area contributed by atoms with Crippen molar-refractivity contribution in [3.63, 3.8) is 0 Å². The van der Waals surface area contributed by atoms with Crippen molar-refractivity contribution in [1.82, 2.24) is 5.32 Å². The van der Waals surface area contributed by atoms with Crippen LogP contribution in [0.4, 0.5) is 4.79 Å². The van der Waals surface area contributed by atoms with Crippen LogP contribution in [-0.4, -0.2) is 43.0 Å². The average molecular weight is 217 g/mol. The quantitative estimate of drug-likeness (QED) is 0.713. The van der Waals surface area contributed by atoms with E-state index < -0.39 is 17.7 Å². The second-order valence-corrected chi connectivity index (χ2v) is 3.45. The molecule has 86 valence electrons. The summed E-state index contributed by atoms with van der Waals surface area (Å²) in [5.74, 6) is -1.04. The van der Waals surface area contributed by atoms with E-state index in [1.165, 1.54) is 7.11 Å². The summed E-state index contributed by atoms with van der Waals surface area (Å²) in [6.45, 7) is 0.351.